The van der Waals surface area contributed by atoms with Crippen molar-refractivity contribution < 1.29 is 14.3 Å². The first-order valence-corrected chi connectivity index (χ1v) is 6.49. The van der Waals surface area contributed by atoms with Crippen molar-refractivity contribution in [2.24, 2.45) is 5.92 Å². The second-order valence-electron chi connectivity index (χ2n) is 5.86. The maximum absolute atomic E-state index is 11.6. The zero-order valence-electron chi connectivity index (χ0n) is 12.3. The Morgan fingerprint density at radius 1 is 1.21 bits per heavy atom. The molecule has 0 saturated heterocycles. The monoisotopic (exact) mass is 265 g/mol. The van der Waals surface area contributed by atoms with E-state index in [1.807, 2.05) is 32.9 Å². The lowest BCUT2D eigenvalue weighted by molar-refractivity contribution is 0.0636. The van der Waals surface area contributed by atoms with Crippen molar-refractivity contribution >= 4 is 11.8 Å². The summed E-state index contributed by atoms with van der Waals surface area (Å²) in [5.41, 5.74) is 0.191. The molecule has 4 nitrogen and oxygen atoms in total. The molecule has 1 aromatic carbocycles. The highest BCUT2D eigenvalue weighted by molar-refractivity contribution is 5.84. The van der Waals surface area contributed by atoms with Crippen LogP contribution >= 0.6 is 0 Å². The molecule has 0 heterocycles. The molecule has 1 amide bonds. The molecule has 0 fully saturated rings. The van der Waals surface area contributed by atoms with Crippen LogP contribution in [0.1, 0.15) is 34.6 Å². The van der Waals surface area contributed by atoms with Crippen molar-refractivity contribution in [1.29, 1.82) is 0 Å². The van der Waals surface area contributed by atoms with Gasteiger partial charge in [-0.3, -0.25) is 5.32 Å². The van der Waals surface area contributed by atoms with E-state index in [0.717, 1.165) is 5.75 Å². The third-order valence-electron chi connectivity index (χ3n) is 2.08. The average Bonchev–Trinajstić information content (AvgIpc) is 2.25. The number of amides is 1. The van der Waals surface area contributed by atoms with E-state index in [4.69, 9.17) is 9.47 Å². The molecule has 0 unspecified atom stereocenters. The van der Waals surface area contributed by atoms with Crippen LogP contribution in [-0.2, 0) is 4.74 Å². The summed E-state index contributed by atoms with van der Waals surface area (Å²) in [5, 5.41) is 2.67. The van der Waals surface area contributed by atoms with E-state index in [1.54, 1.807) is 12.1 Å². The summed E-state index contributed by atoms with van der Waals surface area (Å²) in [4.78, 5) is 11.6. The Labute approximate surface area is 115 Å². The first-order valence-electron chi connectivity index (χ1n) is 6.49. The van der Waals surface area contributed by atoms with Gasteiger partial charge in [0.25, 0.3) is 0 Å². The van der Waals surface area contributed by atoms with Crippen molar-refractivity contribution in [1.82, 2.24) is 0 Å². The quantitative estimate of drug-likeness (QED) is 0.892. The van der Waals surface area contributed by atoms with E-state index in [2.05, 4.69) is 19.2 Å². The second-order valence-corrected chi connectivity index (χ2v) is 5.86. The van der Waals surface area contributed by atoms with Crippen LogP contribution in [0, 0.1) is 5.92 Å². The molecule has 0 aromatic heterocycles. The molecule has 0 spiro atoms. The molecule has 0 bridgehead atoms. The summed E-state index contributed by atoms with van der Waals surface area (Å²) in [6.07, 6.45) is -0.455. The summed E-state index contributed by atoms with van der Waals surface area (Å²) in [5.74, 6) is 1.28. The molecule has 0 atom stereocenters. The molecule has 1 rings (SSSR count). The first kappa shape index (κ1) is 15.3. The van der Waals surface area contributed by atoms with Crippen LogP contribution < -0.4 is 10.1 Å². The normalized spacial score (nSPS) is 11.3. The predicted molar refractivity (Wildman–Crippen MR) is 76.6 cm³/mol. The zero-order chi connectivity index (χ0) is 14.5. The van der Waals surface area contributed by atoms with Crippen LogP contribution in [0.5, 0.6) is 5.75 Å². The van der Waals surface area contributed by atoms with E-state index in [0.29, 0.717) is 18.2 Å². The minimum atomic E-state index is -0.496. The number of carbonyl (C=O) groups is 1. The van der Waals surface area contributed by atoms with Gasteiger partial charge in [0, 0.05) is 5.69 Å². The molecule has 0 aliphatic rings. The number of hydrogen-bond donors (Lipinski definition) is 1. The molecule has 0 radical (unpaired) electrons. The minimum Gasteiger partial charge on any atom is -0.493 e. The maximum Gasteiger partial charge on any atom is 0.412 e. The summed E-state index contributed by atoms with van der Waals surface area (Å²) >= 11 is 0. The number of ether oxygens (including phenoxy) is 2. The Morgan fingerprint density at radius 3 is 2.26 bits per heavy atom. The van der Waals surface area contributed by atoms with Gasteiger partial charge < -0.3 is 9.47 Å². The highest BCUT2D eigenvalue weighted by Gasteiger charge is 2.16. The van der Waals surface area contributed by atoms with Gasteiger partial charge in [0.1, 0.15) is 11.4 Å². The van der Waals surface area contributed by atoms with Crippen LogP contribution in [0.3, 0.4) is 0 Å². The van der Waals surface area contributed by atoms with Crippen LogP contribution in [0.2, 0.25) is 0 Å². The predicted octanol–water partition coefficient (Wildman–Crippen LogP) is 4.07. The van der Waals surface area contributed by atoms with Crippen molar-refractivity contribution in [3.05, 3.63) is 24.3 Å². The van der Waals surface area contributed by atoms with Gasteiger partial charge in [-0.2, -0.15) is 0 Å². The number of benzene rings is 1. The van der Waals surface area contributed by atoms with E-state index in [1.165, 1.54) is 0 Å². The Bertz CT molecular complexity index is 404. The number of anilines is 1. The largest absolute Gasteiger partial charge is 0.493 e. The molecule has 0 aliphatic carbocycles. The summed E-state index contributed by atoms with van der Waals surface area (Å²) in [7, 11) is 0. The van der Waals surface area contributed by atoms with Gasteiger partial charge in [-0.1, -0.05) is 13.8 Å². The molecule has 19 heavy (non-hydrogen) atoms. The fourth-order valence-corrected chi connectivity index (χ4v) is 1.32. The fraction of sp³-hybridized carbons (Fsp3) is 0.533. The smallest absolute Gasteiger partial charge is 0.412 e. The number of rotatable bonds is 4. The third kappa shape index (κ3) is 6.70. The average molecular weight is 265 g/mol. The van der Waals surface area contributed by atoms with Gasteiger partial charge in [0.05, 0.1) is 6.61 Å². The number of hydrogen-bond acceptors (Lipinski definition) is 3. The lowest BCUT2D eigenvalue weighted by Crippen LogP contribution is -2.27. The fourth-order valence-electron chi connectivity index (χ4n) is 1.32. The molecule has 4 heteroatoms. The van der Waals surface area contributed by atoms with Crippen LogP contribution in [0.25, 0.3) is 0 Å². The number of carbonyl (C=O) groups excluding carboxylic acids is 1. The Balaban J connectivity index is 2.50. The highest BCUT2D eigenvalue weighted by atomic mass is 16.6. The van der Waals surface area contributed by atoms with Crippen LogP contribution in [-0.4, -0.2) is 18.3 Å². The molecular formula is C15H23NO3. The zero-order valence-corrected chi connectivity index (χ0v) is 12.3. The van der Waals surface area contributed by atoms with Gasteiger partial charge >= 0.3 is 6.09 Å². The Kier molecular flexibility index (Phi) is 5.21. The third-order valence-corrected chi connectivity index (χ3v) is 2.08. The second kappa shape index (κ2) is 6.45. The maximum atomic E-state index is 11.6. The molecule has 0 saturated carbocycles. The van der Waals surface area contributed by atoms with Gasteiger partial charge in [0.15, 0.2) is 0 Å². The van der Waals surface area contributed by atoms with Gasteiger partial charge in [-0.05, 0) is 51.0 Å². The van der Waals surface area contributed by atoms with Crippen LogP contribution in [0.4, 0.5) is 10.5 Å². The van der Waals surface area contributed by atoms with Crippen molar-refractivity contribution in [2.45, 2.75) is 40.2 Å². The van der Waals surface area contributed by atoms with E-state index in [9.17, 15) is 4.79 Å². The number of nitrogens with one attached hydrogen (secondary N) is 1. The van der Waals surface area contributed by atoms with E-state index in [-0.39, 0.29) is 0 Å². The molecule has 106 valence electrons. The first-order chi connectivity index (χ1) is 8.76. The standard InChI is InChI=1S/C15H23NO3/c1-11(2)10-18-13-8-6-12(7-9-13)16-14(17)19-15(3,4)5/h6-9,11H,10H2,1-5H3,(H,16,17). The molecule has 0 aliphatic heterocycles. The van der Waals surface area contributed by atoms with Crippen molar-refractivity contribution in [3.8, 4) is 5.75 Å². The lowest BCUT2D eigenvalue weighted by Gasteiger charge is -2.19. The van der Waals surface area contributed by atoms with Gasteiger partial charge in [0.2, 0.25) is 0 Å². The lowest BCUT2D eigenvalue weighted by atomic mass is 10.2. The van der Waals surface area contributed by atoms with Crippen molar-refractivity contribution in [2.75, 3.05) is 11.9 Å². The summed E-state index contributed by atoms with van der Waals surface area (Å²) in [6, 6.07) is 7.24. The minimum absolute atomic E-state index is 0.455. The Hall–Kier alpha value is -1.71. The highest BCUT2D eigenvalue weighted by Crippen LogP contribution is 2.17. The van der Waals surface area contributed by atoms with Crippen LogP contribution in [0.15, 0.2) is 24.3 Å². The summed E-state index contributed by atoms with van der Waals surface area (Å²) in [6.45, 7) is 10.4. The molecular weight excluding hydrogens is 242 g/mol. The van der Waals surface area contributed by atoms with Crippen molar-refractivity contribution in [3.63, 3.8) is 0 Å². The Morgan fingerprint density at radius 2 is 1.79 bits per heavy atom. The van der Waals surface area contributed by atoms with E-state index >= 15 is 0 Å². The van der Waals surface area contributed by atoms with Gasteiger partial charge in [-0.15, -0.1) is 0 Å². The SMILES string of the molecule is CC(C)COc1ccc(NC(=O)OC(C)(C)C)cc1. The molecule has 1 N–H and O–H groups in total. The van der Waals surface area contributed by atoms with E-state index < -0.39 is 11.7 Å². The topological polar surface area (TPSA) is 47.6 Å². The summed E-state index contributed by atoms with van der Waals surface area (Å²) < 4.78 is 10.7. The van der Waals surface area contributed by atoms with Gasteiger partial charge in [-0.25, -0.2) is 4.79 Å². The molecule has 1 aromatic rings.